The van der Waals surface area contributed by atoms with E-state index in [1.807, 2.05) is 44.4 Å². The van der Waals surface area contributed by atoms with Gasteiger partial charge in [-0.3, -0.25) is 20.7 Å². The van der Waals surface area contributed by atoms with Gasteiger partial charge >= 0.3 is 11.9 Å². The number of nitrogens with two attached hydrogens (primary N) is 1. The summed E-state index contributed by atoms with van der Waals surface area (Å²) in [5.74, 6) is 6.66. The molecule has 3 rings (SSSR count). The maximum Gasteiger partial charge on any atom is 0.338 e. The number of nitrogens with one attached hydrogen (secondary N) is 3. The third kappa shape index (κ3) is 13.3. The SMILES string of the molecule is CCSC(=N)c1cc(C(=O)OC)c(C)cc1C(C)C.COCCC(=O)NN.COCCc1nc(-c2cc(C(=O)OC)c(C)cc2C(C)C)n[nH]1. The van der Waals surface area contributed by atoms with Crippen molar-refractivity contribution in [2.75, 3.05) is 47.4 Å². The van der Waals surface area contributed by atoms with E-state index in [2.05, 4.69) is 47.6 Å². The third-order valence-corrected chi connectivity index (χ3v) is 8.19. The van der Waals surface area contributed by atoms with E-state index in [-0.39, 0.29) is 23.8 Å². The van der Waals surface area contributed by atoms with Crippen molar-refractivity contribution in [2.45, 2.75) is 73.1 Å². The average Bonchev–Trinajstić information content (AvgIpc) is 3.58. The number of methoxy groups -OCH3 is 4. The Bertz CT molecular complexity index is 1570. The van der Waals surface area contributed by atoms with Crippen LogP contribution in [0.1, 0.15) is 107 Å². The molecular weight excluding hydrogens is 660 g/mol. The van der Waals surface area contributed by atoms with E-state index in [1.165, 1.54) is 33.1 Å². The lowest BCUT2D eigenvalue weighted by Crippen LogP contribution is -2.30. The van der Waals surface area contributed by atoms with Crippen LogP contribution in [-0.2, 0) is 30.2 Å². The second-order valence-electron chi connectivity index (χ2n) is 11.7. The van der Waals surface area contributed by atoms with Gasteiger partial charge < -0.3 is 18.9 Å². The molecule has 5 N–H and O–H groups in total. The predicted molar refractivity (Wildman–Crippen MR) is 198 cm³/mol. The number of carbonyl (C=O) groups excluding carboxylic acids is 3. The van der Waals surface area contributed by atoms with Crippen LogP contribution >= 0.6 is 11.8 Å². The molecule has 0 bridgehead atoms. The van der Waals surface area contributed by atoms with Crippen molar-refractivity contribution in [3.8, 4) is 11.4 Å². The van der Waals surface area contributed by atoms with E-state index < -0.39 is 0 Å². The van der Waals surface area contributed by atoms with Crippen LogP contribution in [0, 0.1) is 19.3 Å². The molecule has 13 nitrogen and oxygen atoms in total. The molecule has 0 fully saturated rings. The van der Waals surface area contributed by atoms with E-state index in [9.17, 15) is 14.4 Å². The second kappa shape index (κ2) is 22.6. The number of hydrazine groups is 1. The summed E-state index contributed by atoms with van der Waals surface area (Å²) in [6.45, 7) is 15.2. The molecule has 0 saturated carbocycles. The Morgan fingerprint density at radius 1 is 0.860 bits per heavy atom. The largest absolute Gasteiger partial charge is 0.465 e. The van der Waals surface area contributed by atoms with Gasteiger partial charge in [0.25, 0.3) is 0 Å². The number of carbonyl (C=O) groups is 3. The molecule has 14 heteroatoms. The molecule has 1 amide bonds. The van der Waals surface area contributed by atoms with E-state index in [0.29, 0.717) is 54.0 Å². The first kappa shape index (κ1) is 43.9. The summed E-state index contributed by atoms with van der Waals surface area (Å²) in [5, 5.41) is 15.9. The minimum absolute atomic E-state index is 0.202. The van der Waals surface area contributed by atoms with Crippen LogP contribution < -0.4 is 11.3 Å². The third-order valence-electron chi connectivity index (χ3n) is 7.39. The monoisotopic (exact) mass is 714 g/mol. The highest BCUT2D eigenvalue weighted by molar-refractivity contribution is 8.14. The zero-order chi connectivity index (χ0) is 38.0. The number of ether oxygens (including phenoxy) is 4. The lowest BCUT2D eigenvalue weighted by atomic mass is 9.92. The summed E-state index contributed by atoms with van der Waals surface area (Å²) in [7, 11) is 5.94. The van der Waals surface area contributed by atoms with E-state index >= 15 is 0 Å². The quantitative estimate of drug-likeness (QED) is 0.0413. The molecule has 0 aliphatic carbocycles. The van der Waals surface area contributed by atoms with Gasteiger partial charge in [-0.05, 0) is 65.8 Å². The maximum absolute atomic E-state index is 12.0. The average molecular weight is 715 g/mol. The summed E-state index contributed by atoms with van der Waals surface area (Å²) < 4.78 is 19.3. The Kier molecular flexibility index (Phi) is 19.8. The molecule has 3 aromatic rings. The van der Waals surface area contributed by atoms with Crippen LogP contribution in [0.25, 0.3) is 11.4 Å². The van der Waals surface area contributed by atoms with E-state index in [1.54, 1.807) is 13.2 Å². The molecule has 276 valence electrons. The minimum atomic E-state index is -0.353. The number of esters is 2. The Morgan fingerprint density at radius 2 is 1.40 bits per heavy atom. The number of aromatic amines is 1. The Balaban J connectivity index is 0.000000417. The van der Waals surface area contributed by atoms with Crippen molar-refractivity contribution in [1.82, 2.24) is 20.6 Å². The summed E-state index contributed by atoms with van der Waals surface area (Å²) in [6, 6.07) is 7.62. The number of thioether (sulfide) groups is 1. The Hall–Kier alpha value is -4.11. The van der Waals surface area contributed by atoms with Gasteiger partial charge in [0.05, 0.1) is 50.0 Å². The van der Waals surface area contributed by atoms with Crippen LogP contribution in [0.2, 0.25) is 0 Å². The number of hydrogen-bond donors (Lipinski definition) is 4. The highest BCUT2D eigenvalue weighted by Crippen LogP contribution is 2.31. The van der Waals surface area contributed by atoms with Crippen LogP contribution in [0.15, 0.2) is 24.3 Å². The number of H-pyrrole nitrogens is 1. The molecule has 0 radical (unpaired) electrons. The number of aryl methyl sites for hydroxylation is 2. The maximum atomic E-state index is 12.0. The molecule has 0 saturated heterocycles. The van der Waals surface area contributed by atoms with Gasteiger partial charge in [0.15, 0.2) is 5.82 Å². The van der Waals surface area contributed by atoms with Gasteiger partial charge in [0.1, 0.15) is 5.82 Å². The van der Waals surface area contributed by atoms with E-state index in [0.717, 1.165) is 45.0 Å². The first-order valence-corrected chi connectivity index (χ1v) is 17.3. The van der Waals surface area contributed by atoms with Gasteiger partial charge in [0, 0.05) is 31.8 Å². The Labute approximate surface area is 300 Å². The molecule has 0 aliphatic heterocycles. The van der Waals surface area contributed by atoms with Gasteiger partial charge in [-0.15, -0.1) is 11.8 Å². The van der Waals surface area contributed by atoms with Crippen molar-refractivity contribution in [1.29, 1.82) is 5.41 Å². The first-order valence-electron chi connectivity index (χ1n) is 16.3. The van der Waals surface area contributed by atoms with Gasteiger partial charge in [-0.2, -0.15) is 5.10 Å². The molecule has 0 atom stereocenters. The van der Waals surface area contributed by atoms with Crippen molar-refractivity contribution in [3.63, 3.8) is 0 Å². The number of nitrogens with zero attached hydrogens (tertiary/aromatic N) is 2. The highest BCUT2D eigenvalue weighted by atomic mass is 32.2. The smallest absolute Gasteiger partial charge is 0.338 e. The number of hydrogen-bond acceptors (Lipinski definition) is 12. The summed E-state index contributed by atoms with van der Waals surface area (Å²) in [5.41, 5.74) is 8.75. The molecule has 1 aromatic heterocycles. The van der Waals surface area contributed by atoms with Crippen molar-refractivity contribution >= 4 is 34.7 Å². The van der Waals surface area contributed by atoms with E-state index in [4.69, 9.17) is 25.5 Å². The fourth-order valence-corrected chi connectivity index (χ4v) is 5.30. The molecule has 50 heavy (non-hydrogen) atoms. The van der Waals surface area contributed by atoms with Crippen molar-refractivity contribution < 1.29 is 33.3 Å². The topological polar surface area (TPSA) is 192 Å². The second-order valence-corrected chi connectivity index (χ2v) is 13.0. The summed E-state index contributed by atoms with van der Waals surface area (Å²) >= 11 is 1.48. The highest BCUT2D eigenvalue weighted by Gasteiger charge is 2.20. The number of benzene rings is 2. The van der Waals surface area contributed by atoms with Gasteiger partial charge in [0.2, 0.25) is 5.91 Å². The molecular formula is C36H54N6O7S. The molecule has 2 aromatic carbocycles. The van der Waals surface area contributed by atoms with Crippen LogP contribution in [0.3, 0.4) is 0 Å². The van der Waals surface area contributed by atoms with Crippen LogP contribution in [-0.4, -0.2) is 85.5 Å². The standard InChI is InChI=1S/C17H23N3O3.C15H21NO2S.C4H10N2O2/c1-10(2)12-8-11(3)13(17(21)23-5)9-14(12)16-18-15(19-20-16)6-7-22-4;1-6-19-14(16)13-8-12(15(17)18-5)10(4)7-11(13)9(2)3;1-8-3-2-4(7)6-5/h8-10H,6-7H2,1-5H3,(H,18,19,20);7-9,16H,6H2,1-5H3;2-3,5H2,1H3,(H,6,7). The summed E-state index contributed by atoms with van der Waals surface area (Å²) in [6.07, 6.45) is 0.989. The zero-order valence-electron chi connectivity index (χ0n) is 31.2. The number of aromatic nitrogens is 3. The number of amides is 1. The first-order chi connectivity index (χ1) is 23.7. The van der Waals surface area contributed by atoms with Crippen molar-refractivity contribution in [2.24, 2.45) is 5.84 Å². The fraction of sp³-hybridized carbons (Fsp3) is 0.500. The fourth-order valence-electron chi connectivity index (χ4n) is 4.68. The van der Waals surface area contributed by atoms with Crippen LogP contribution in [0.4, 0.5) is 0 Å². The summed E-state index contributed by atoms with van der Waals surface area (Å²) in [4.78, 5) is 38.5. The zero-order valence-corrected chi connectivity index (χ0v) is 32.1. The van der Waals surface area contributed by atoms with Gasteiger partial charge in [-0.25, -0.2) is 20.4 Å². The lowest BCUT2D eigenvalue weighted by molar-refractivity contribution is -0.122. The molecule has 1 heterocycles. The van der Waals surface area contributed by atoms with Crippen LogP contribution in [0.5, 0.6) is 0 Å². The number of rotatable bonds is 13. The predicted octanol–water partition coefficient (Wildman–Crippen LogP) is 5.88. The molecule has 0 aliphatic rings. The molecule has 0 unspecified atom stereocenters. The normalized spacial score (nSPS) is 10.5. The lowest BCUT2D eigenvalue weighted by Gasteiger charge is -2.16. The molecule has 0 spiro atoms. The van der Waals surface area contributed by atoms with Gasteiger partial charge in [-0.1, -0.05) is 46.8 Å². The minimum Gasteiger partial charge on any atom is -0.465 e. The Morgan fingerprint density at radius 3 is 1.88 bits per heavy atom. The van der Waals surface area contributed by atoms with Crippen molar-refractivity contribution in [3.05, 3.63) is 69.0 Å².